The van der Waals surface area contributed by atoms with Crippen LogP contribution in [-0.4, -0.2) is 29.3 Å². The molecule has 0 saturated carbocycles. The normalized spacial score (nSPS) is 11.7. The highest BCUT2D eigenvalue weighted by Gasteiger charge is 2.25. The first kappa shape index (κ1) is 22.7. The van der Waals surface area contributed by atoms with Crippen LogP contribution >= 0.6 is 0 Å². The lowest BCUT2D eigenvalue weighted by molar-refractivity contribution is -0.140. The zero-order valence-electron chi connectivity index (χ0n) is 18.2. The molecule has 29 heavy (non-hydrogen) atoms. The molecule has 4 nitrogen and oxygen atoms in total. The number of nitrogens with one attached hydrogen (secondary N) is 1. The molecule has 4 heteroatoms. The molecule has 0 fully saturated rings. The fraction of sp³-hybridized carbons (Fsp3) is 0.440. The molecule has 2 aromatic rings. The fourth-order valence-corrected chi connectivity index (χ4v) is 3.32. The van der Waals surface area contributed by atoms with Crippen LogP contribution in [0.3, 0.4) is 0 Å². The van der Waals surface area contributed by atoms with Crippen molar-refractivity contribution >= 4 is 11.8 Å². The standard InChI is InChI=1S/C25H34N2O2/c1-5-16-26-25(29)20(4)27(18-23-9-7-8-19(3)17-23)24(28)15-14-22-12-10-21(6-2)11-13-22/h7-13,17,20H,5-6,14-16,18H2,1-4H3,(H,26,29). The van der Waals surface area contributed by atoms with Gasteiger partial charge in [0.25, 0.3) is 0 Å². The summed E-state index contributed by atoms with van der Waals surface area (Å²) in [6.45, 7) is 9.06. The summed E-state index contributed by atoms with van der Waals surface area (Å²) in [5.74, 6) is -0.0922. The molecule has 156 valence electrons. The number of nitrogens with zero attached hydrogens (tertiary/aromatic N) is 1. The molecule has 1 atom stereocenters. The minimum Gasteiger partial charge on any atom is -0.354 e. The molecule has 2 amide bonds. The van der Waals surface area contributed by atoms with Crippen molar-refractivity contribution in [2.24, 2.45) is 0 Å². The third-order valence-electron chi connectivity index (χ3n) is 5.21. The smallest absolute Gasteiger partial charge is 0.242 e. The van der Waals surface area contributed by atoms with Crippen LogP contribution in [0.25, 0.3) is 0 Å². The van der Waals surface area contributed by atoms with Crippen molar-refractivity contribution < 1.29 is 9.59 Å². The van der Waals surface area contributed by atoms with E-state index >= 15 is 0 Å². The maximum absolute atomic E-state index is 13.1. The molecule has 0 spiro atoms. The Morgan fingerprint density at radius 1 is 1.00 bits per heavy atom. The Balaban J connectivity index is 2.11. The lowest BCUT2D eigenvalue weighted by Crippen LogP contribution is -2.47. The van der Waals surface area contributed by atoms with Gasteiger partial charge in [-0.1, -0.05) is 67.9 Å². The van der Waals surface area contributed by atoms with Crippen molar-refractivity contribution in [1.29, 1.82) is 0 Å². The quantitative estimate of drug-likeness (QED) is 0.648. The Morgan fingerprint density at radius 2 is 1.69 bits per heavy atom. The zero-order chi connectivity index (χ0) is 21.2. The molecule has 0 saturated heterocycles. The van der Waals surface area contributed by atoms with Crippen molar-refractivity contribution in [1.82, 2.24) is 10.2 Å². The van der Waals surface area contributed by atoms with Crippen molar-refractivity contribution in [2.45, 2.75) is 66.0 Å². The predicted octanol–water partition coefficient (Wildman–Crippen LogP) is 4.43. The lowest BCUT2D eigenvalue weighted by Gasteiger charge is -2.29. The molecule has 2 aromatic carbocycles. The molecule has 1 N–H and O–H groups in total. The van der Waals surface area contributed by atoms with Gasteiger partial charge >= 0.3 is 0 Å². The summed E-state index contributed by atoms with van der Waals surface area (Å²) < 4.78 is 0. The molecule has 2 rings (SSSR count). The second kappa shape index (κ2) is 11.4. The third-order valence-corrected chi connectivity index (χ3v) is 5.21. The van der Waals surface area contributed by atoms with E-state index in [-0.39, 0.29) is 11.8 Å². The first-order valence-electron chi connectivity index (χ1n) is 10.6. The van der Waals surface area contributed by atoms with E-state index < -0.39 is 6.04 Å². The molecule has 0 aliphatic heterocycles. The average molecular weight is 395 g/mol. The van der Waals surface area contributed by atoms with Crippen molar-refractivity contribution in [3.8, 4) is 0 Å². The van der Waals surface area contributed by atoms with Crippen molar-refractivity contribution in [3.05, 3.63) is 70.8 Å². The zero-order valence-corrected chi connectivity index (χ0v) is 18.2. The molecule has 0 bridgehead atoms. The van der Waals surface area contributed by atoms with Gasteiger partial charge in [-0.3, -0.25) is 9.59 Å². The van der Waals surface area contributed by atoms with E-state index in [0.717, 1.165) is 29.5 Å². The predicted molar refractivity (Wildman–Crippen MR) is 119 cm³/mol. The Hall–Kier alpha value is -2.62. The highest BCUT2D eigenvalue weighted by molar-refractivity contribution is 5.87. The second-order valence-corrected chi connectivity index (χ2v) is 7.65. The SMILES string of the molecule is CCCNC(=O)C(C)N(Cc1cccc(C)c1)C(=O)CCc1ccc(CC)cc1. The van der Waals surface area contributed by atoms with Gasteiger partial charge in [0, 0.05) is 19.5 Å². The molecular formula is C25H34N2O2. The number of hydrogen-bond donors (Lipinski definition) is 1. The molecule has 1 unspecified atom stereocenters. The average Bonchev–Trinajstić information content (AvgIpc) is 2.74. The number of carbonyl (C=O) groups is 2. The van der Waals surface area contributed by atoms with Crippen LogP contribution in [0, 0.1) is 6.92 Å². The summed E-state index contributed by atoms with van der Waals surface area (Å²) in [5, 5.41) is 2.92. The summed E-state index contributed by atoms with van der Waals surface area (Å²) in [6, 6.07) is 16.0. The fourth-order valence-electron chi connectivity index (χ4n) is 3.32. The van der Waals surface area contributed by atoms with E-state index in [4.69, 9.17) is 0 Å². The minimum absolute atomic E-state index is 0.00484. The topological polar surface area (TPSA) is 49.4 Å². The summed E-state index contributed by atoms with van der Waals surface area (Å²) in [7, 11) is 0. The Labute approximate surface area is 175 Å². The van der Waals surface area contributed by atoms with Gasteiger partial charge in [0.15, 0.2) is 0 Å². The highest BCUT2D eigenvalue weighted by Crippen LogP contribution is 2.14. The summed E-state index contributed by atoms with van der Waals surface area (Å²) in [5.41, 5.74) is 4.63. The van der Waals surface area contributed by atoms with E-state index in [1.54, 1.807) is 4.90 Å². The highest BCUT2D eigenvalue weighted by atomic mass is 16.2. The van der Waals surface area contributed by atoms with E-state index in [9.17, 15) is 9.59 Å². The first-order chi connectivity index (χ1) is 13.9. The lowest BCUT2D eigenvalue weighted by atomic mass is 10.0. The van der Waals surface area contributed by atoms with Gasteiger partial charge in [0.1, 0.15) is 6.04 Å². The van der Waals surface area contributed by atoms with Crippen LogP contribution < -0.4 is 5.32 Å². The number of benzene rings is 2. The van der Waals surface area contributed by atoms with E-state index in [1.807, 2.05) is 39.0 Å². The van der Waals surface area contributed by atoms with Crippen LogP contribution in [-0.2, 0) is 29.0 Å². The van der Waals surface area contributed by atoms with Crippen LogP contribution in [0.4, 0.5) is 0 Å². The van der Waals surface area contributed by atoms with Gasteiger partial charge in [-0.15, -0.1) is 0 Å². The Bertz CT molecular complexity index is 799. The minimum atomic E-state index is -0.503. The van der Waals surface area contributed by atoms with E-state index in [0.29, 0.717) is 25.9 Å². The van der Waals surface area contributed by atoms with Crippen molar-refractivity contribution in [2.75, 3.05) is 6.54 Å². The largest absolute Gasteiger partial charge is 0.354 e. The van der Waals surface area contributed by atoms with Gasteiger partial charge in [0.2, 0.25) is 11.8 Å². The molecule has 0 aliphatic rings. The molecule has 0 aliphatic carbocycles. The molecule has 0 radical (unpaired) electrons. The van der Waals surface area contributed by atoms with Gasteiger partial charge in [-0.25, -0.2) is 0 Å². The summed E-state index contributed by atoms with van der Waals surface area (Å²) in [6.07, 6.45) is 2.95. The molecule has 0 heterocycles. The van der Waals surface area contributed by atoms with Crippen LogP contribution in [0.2, 0.25) is 0 Å². The maximum atomic E-state index is 13.1. The first-order valence-corrected chi connectivity index (χ1v) is 10.6. The second-order valence-electron chi connectivity index (χ2n) is 7.65. The van der Waals surface area contributed by atoms with Crippen molar-refractivity contribution in [3.63, 3.8) is 0 Å². The molecule has 0 aromatic heterocycles. The van der Waals surface area contributed by atoms with Crippen LogP contribution in [0.1, 0.15) is 55.9 Å². The summed E-state index contributed by atoms with van der Waals surface area (Å²) in [4.78, 5) is 27.3. The number of amides is 2. The van der Waals surface area contributed by atoms with E-state index in [1.165, 1.54) is 5.56 Å². The number of rotatable bonds is 10. The van der Waals surface area contributed by atoms with Gasteiger partial charge in [0.05, 0.1) is 0 Å². The monoisotopic (exact) mass is 394 g/mol. The number of aryl methyl sites for hydroxylation is 3. The summed E-state index contributed by atoms with van der Waals surface area (Å²) >= 11 is 0. The maximum Gasteiger partial charge on any atom is 0.242 e. The Kier molecular flexibility index (Phi) is 8.91. The third kappa shape index (κ3) is 7.04. The number of hydrogen-bond acceptors (Lipinski definition) is 2. The van der Waals surface area contributed by atoms with Gasteiger partial charge < -0.3 is 10.2 Å². The van der Waals surface area contributed by atoms with E-state index in [2.05, 4.69) is 42.6 Å². The Morgan fingerprint density at radius 3 is 2.31 bits per heavy atom. The number of carbonyl (C=O) groups excluding carboxylic acids is 2. The van der Waals surface area contributed by atoms with Crippen LogP contribution in [0.15, 0.2) is 48.5 Å². The van der Waals surface area contributed by atoms with Gasteiger partial charge in [-0.05, 0) is 49.8 Å². The van der Waals surface area contributed by atoms with Gasteiger partial charge in [-0.2, -0.15) is 0 Å². The molecular weight excluding hydrogens is 360 g/mol. The van der Waals surface area contributed by atoms with Crippen LogP contribution in [0.5, 0.6) is 0 Å².